The Labute approximate surface area is 125 Å². The molecule has 0 unspecified atom stereocenters. The highest BCUT2D eigenvalue weighted by Gasteiger charge is 2.09. The van der Waals surface area contributed by atoms with E-state index in [1.807, 2.05) is 0 Å². The van der Waals surface area contributed by atoms with Crippen LogP contribution < -0.4 is 10.2 Å². The zero-order valence-electron chi connectivity index (χ0n) is 11.7. The van der Waals surface area contributed by atoms with Crippen molar-refractivity contribution in [1.82, 2.24) is 0 Å². The van der Waals surface area contributed by atoms with Crippen LogP contribution in [-0.2, 0) is 4.79 Å². The molecule has 0 aliphatic heterocycles. The van der Waals surface area contributed by atoms with Crippen molar-refractivity contribution in [2.24, 2.45) is 0 Å². The molecule has 5 nitrogen and oxygen atoms in total. The molecule has 5 heteroatoms. The van der Waals surface area contributed by atoms with Crippen LogP contribution in [-0.4, -0.2) is 11.1 Å². The van der Waals surface area contributed by atoms with E-state index in [1.54, 1.807) is 24.3 Å². The smallest absolute Gasteiger partial charge is 0.308 e. The highest BCUT2D eigenvalue weighted by Crippen LogP contribution is 2.26. The number of phenols is 1. The summed E-state index contributed by atoms with van der Waals surface area (Å²) in [4.78, 5) is 23.2. The van der Waals surface area contributed by atoms with E-state index < -0.39 is 5.97 Å². The lowest BCUT2D eigenvalue weighted by Gasteiger charge is -2.05. The van der Waals surface area contributed by atoms with Crippen LogP contribution in [0.4, 0.5) is 0 Å². The zero-order valence-corrected chi connectivity index (χ0v) is 11.7. The van der Waals surface area contributed by atoms with Gasteiger partial charge in [-0.2, -0.15) is 0 Å². The summed E-state index contributed by atoms with van der Waals surface area (Å²) in [5.74, 6) is 0.365. The van der Waals surface area contributed by atoms with E-state index in [4.69, 9.17) is 9.15 Å². The first-order valence-electron chi connectivity index (χ1n) is 6.59. The van der Waals surface area contributed by atoms with Gasteiger partial charge in [0.2, 0.25) is 0 Å². The maximum absolute atomic E-state index is 12.2. The molecule has 0 fully saturated rings. The number of aromatic hydroxyl groups is 1. The van der Waals surface area contributed by atoms with E-state index in [0.717, 1.165) is 0 Å². The predicted molar refractivity (Wildman–Crippen MR) is 80.9 cm³/mol. The number of phenolic OH excluding ortho intramolecular Hbond substituents is 1. The summed E-state index contributed by atoms with van der Waals surface area (Å²) in [5, 5.41) is 9.71. The van der Waals surface area contributed by atoms with Gasteiger partial charge >= 0.3 is 5.97 Å². The first-order chi connectivity index (χ1) is 10.5. The Hall–Kier alpha value is -3.08. The Bertz CT molecular complexity index is 906. The molecule has 0 saturated carbocycles. The molecule has 0 radical (unpaired) electrons. The van der Waals surface area contributed by atoms with Gasteiger partial charge < -0.3 is 14.3 Å². The molecule has 110 valence electrons. The fourth-order valence-electron chi connectivity index (χ4n) is 2.13. The lowest BCUT2D eigenvalue weighted by molar-refractivity contribution is -0.131. The first kappa shape index (κ1) is 13.9. The fourth-order valence-corrected chi connectivity index (χ4v) is 2.13. The molecule has 1 N–H and O–H groups in total. The molecule has 3 aromatic rings. The lowest BCUT2D eigenvalue weighted by atomic mass is 10.1. The second-order valence-electron chi connectivity index (χ2n) is 4.77. The minimum absolute atomic E-state index is 0.129. The molecular formula is C17H12O5. The van der Waals surface area contributed by atoms with Gasteiger partial charge in [0, 0.05) is 24.6 Å². The van der Waals surface area contributed by atoms with Gasteiger partial charge in [0.25, 0.3) is 0 Å². The molecule has 22 heavy (non-hydrogen) atoms. The summed E-state index contributed by atoms with van der Waals surface area (Å²) in [6.45, 7) is 1.30. The van der Waals surface area contributed by atoms with Gasteiger partial charge in [0.1, 0.15) is 22.8 Å². The number of carbonyl (C=O) groups is 1. The first-order valence-corrected chi connectivity index (χ1v) is 6.59. The minimum atomic E-state index is -0.448. The van der Waals surface area contributed by atoms with Gasteiger partial charge in [-0.3, -0.25) is 9.59 Å². The van der Waals surface area contributed by atoms with Gasteiger partial charge in [0.05, 0.1) is 5.39 Å². The van der Waals surface area contributed by atoms with E-state index in [0.29, 0.717) is 28.0 Å². The number of hydrogen-bond donors (Lipinski definition) is 1. The largest absolute Gasteiger partial charge is 0.508 e. The molecule has 0 spiro atoms. The zero-order chi connectivity index (χ0) is 15.7. The van der Waals surface area contributed by atoms with Crippen molar-refractivity contribution in [1.29, 1.82) is 0 Å². The predicted octanol–water partition coefficient (Wildman–Crippen LogP) is 3.09. The quantitative estimate of drug-likeness (QED) is 0.581. The topological polar surface area (TPSA) is 76.7 Å². The number of benzene rings is 2. The standard InChI is InChI=1S/C17H12O5/c1-10(18)21-13-6-7-14-15(20)9-16(22-17(14)8-13)11-2-4-12(19)5-3-11/h2-9,19H,1H3. The average Bonchev–Trinajstić information content (AvgIpc) is 2.47. The fraction of sp³-hybridized carbons (Fsp3) is 0.0588. The van der Waals surface area contributed by atoms with Crippen LogP contribution in [0.5, 0.6) is 11.5 Å². The van der Waals surface area contributed by atoms with Crippen LogP contribution in [0.3, 0.4) is 0 Å². The summed E-state index contributed by atoms with van der Waals surface area (Å²) in [6.07, 6.45) is 0. The molecule has 1 aromatic heterocycles. The molecule has 0 amide bonds. The van der Waals surface area contributed by atoms with Crippen molar-refractivity contribution in [3.8, 4) is 22.8 Å². The molecule has 0 bridgehead atoms. The SMILES string of the molecule is CC(=O)Oc1ccc2c(=O)cc(-c3ccc(O)cc3)oc2c1. The van der Waals surface area contributed by atoms with E-state index in [-0.39, 0.29) is 11.2 Å². The summed E-state index contributed by atoms with van der Waals surface area (Å²) >= 11 is 0. The second-order valence-corrected chi connectivity index (χ2v) is 4.77. The molecular weight excluding hydrogens is 284 g/mol. The number of hydrogen-bond acceptors (Lipinski definition) is 5. The Kier molecular flexibility index (Phi) is 3.39. The number of carbonyl (C=O) groups excluding carboxylic acids is 1. The second kappa shape index (κ2) is 5.37. The summed E-state index contributed by atoms with van der Waals surface area (Å²) < 4.78 is 10.7. The van der Waals surface area contributed by atoms with E-state index >= 15 is 0 Å². The van der Waals surface area contributed by atoms with Gasteiger partial charge in [-0.15, -0.1) is 0 Å². The van der Waals surface area contributed by atoms with Crippen LogP contribution in [0.2, 0.25) is 0 Å². The molecule has 0 saturated heterocycles. The van der Waals surface area contributed by atoms with Crippen molar-refractivity contribution < 1.29 is 19.1 Å². The van der Waals surface area contributed by atoms with Gasteiger partial charge in [-0.05, 0) is 36.4 Å². The highest BCUT2D eigenvalue weighted by atomic mass is 16.5. The third kappa shape index (κ3) is 2.69. The molecule has 0 aliphatic carbocycles. The van der Waals surface area contributed by atoms with Crippen molar-refractivity contribution in [2.75, 3.05) is 0 Å². The lowest BCUT2D eigenvalue weighted by Crippen LogP contribution is -2.03. The van der Waals surface area contributed by atoms with Crippen LogP contribution in [0.1, 0.15) is 6.92 Å². The minimum Gasteiger partial charge on any atom is -0.508 e. The molecule has 0 atom stereocenters. The van der Waals surface area contributed by atoms with E-state index in [1.165, 1.54) is 31.2 Å². The number of ether oxygens (including phenoxy) is 1. The van der Waals surface area contributed by atoms with Gasteiger partial charge in [-0.1, -0.05) is 0 Å². The maximum Gasteiger partial charge on any atom is 0.308 e. The normalized spacial score (nSPS) is 10.6. The summed E-state index contributed by atoms with van der Waals surface area (Å²) in [6, 6.07) is 12.3. The van der Waals surface area contributed by atoms with Gasteiger partial charge in [0.15, 0.2) is 5.43 Å². The van der Waals surface area contributed by atoms with E-state index in [9.17, 15) is 14.7 Å². The Morgan fingerprint density at radius 3 is 2.50 bits per heavy atom. The maximum atomic E-state index is 12.2. The van der Waals surface area contributed by atoms with Crippen molar-refractivity contribution in [3.05, 3.63) is 58.8 Å². The number of rotatable bonds is 2. The summed E-state index contributed by atoms with van der Waals surface area (Å²) in [7, 11) is 0. The van der Waals surface area contributed by atoms with Crippen LogP contribution in [0, 0.1) is 0 Å². The van der Waals surface area contributed by atoms with Crippen LogP contribution >= 0.6 is 0 Å². The number of esters is 1. The third-order valence-corrected chi connectivity index (χ3v) is 3.11. The Balaban J connectivity index is 2.14. The molecule has 3 rings (SSSR count). The van der Waals surface area contributed by atoms with Gasteiger partial charge in [-0.25, -0.2) is 0 Å². The average molecular weight is 296 g/mol. The Morgan fingerprint density at radius 2 is 1.82 bits per heavy atom. The van der Waals surface area contributed by atoms with Crippen molar-refractivity contribution in [3.63, 3.8) is 0 Å². The third-order valence-electron chi connectivity index (χ3n) is 3.11. The molecule has 1 heterocycles. The monoisotopic (exact) mass is 296 g/mol. The van der Waals surface area contributed by atoms with Crippen molar-refractivity contribution >= 4 is 16.9 Å². The van der Waals surface area contributed by atoms with Crippen molar-refractivity contribution in [2.45, 2.75) is 6.92 Å². The Morgan fingerprint density at radius 1 is 1.09 bits per heavy atom. The van der Waals surface area contributed by atoms with Crippen LogP contribution in [0.15, 0.2) is 57.7 Å². The number of fused-ring (bicyclic) bond motifs is 1. The molecule has 0 aliphatic rings. The van der Waals surface area contributed by atoms with E-state index in [2.05, 4.69) is 0 Å². The van der Waals surface area contributed by atoms with Crippen LogP contribution in [0.25, 0.3) is 22.3 Å². The molecule has 2 aromatic carbocycles. The summed E-state index contributed by atoms with van der Waals surface area (Å²) in [5.41, 5.74) is 0.794. The highest BCUT2D eigenvalue weighted by molar-refractivity contribution is 5.81.